The van der Waals surface area contributed by atoms with Crippen LogP contribution in [0.15, 0.2) is 24.3 Å². The number of non-ortho nitro benzene ring substituents is 1. The number of rotatable bonds is 7. The summed E-state index contributed by atoms with van der Waals surface area (Å²) in [6.07, 6.45) is 0.774. The van der Waals surface area contributed by atoms with E-state index in [0.29, 0.717) is 25.6 Å². The summed E-state index contributed by atoms with van der Waals surface area (Å²) in [5.41, 5.74) is 0.0438. The van der Waals surface area contributed by atoms with Crippen molar-refractivity contribution in [1.82, 2.24) is 0 Å². The Morgan fingerprint density at radius 1 is 1.38 bits per heavy atom. The highest BCUT2D eigenvalue weighted by Crippen LogP contribution is 2.18. The minimum atomic E-state index is -0.437. The van der Waals surface area contributed by atoms with Crippen molar-refractivity contribution < 1.29 is 14.4 Å². The van der Waals surface area contributed by atoms with Crippen molar-refractivity contribution >= 4 is 5.69 Å². The Morgan fingerprint density at radius 3 is 2.88 bits per heavy atom. The van der Waals surface area contributed by atoms with Crippen molar-refractivity contribution in [3.05, 3.63) is 34.4 Å². The highest BCUT2D eigenvalue weighted by molar-refractivity contribution is 5.37. The van der Waals surface area contributed by atoms with Crippen LogP contribution in [0.3, 0.4) is 0 Å². The van der Waals surface area contributed by atoms with Gasteiger partial charge in [0.25, 0.3) is 5.69 Å². The Balaban J connectivity index is 2.36. The summed E-state index contributed by atoms with van der Waals surface area (Å²) in [5.74, 6) is 0.519. The predicted molar refractivity (Wildman–Crippen MR) is 59.7 cm³/mol. The SMILES string of the molecule is CCOCCCOc1cccc([N+](=O)[O-])c1. The lowest BCUT2D eigenvalue weighted by molar-refractivity contribution is -0.384. The average Bonchev–Trinajstić information content (AvgIpc) is 2.29. The summed E-state index contributed by atoms with van der Waals surface area (Å²) in [6, 6.07) is 6.16. The fourth-order valence-electron chi connectivity index (χ4n) is 1.18. The smallest absolute Gasteiger partial charge is 0.273 e. The number of hydrogen-bond donors (Lipinski definition) is 0. The maximum atomic E-state index is 10.5. The minimum absolute atomic E-state index is 0.0438. The molecule has 0 amide bonds. The first-order chi connectivity index (χ1) is 7.74. The van der Waals surface area contributed by atoms with E-state index in [0.717, 1.165) is 6.42 Å². The van der Waals surface area contributed by atoms with Crippen molar-refractivity contribution in [3.63, 3.8) is 0 Å². The van der Waals surface area contributed by atoms with E-state index in [-0.39, 0.29) is 5.69 Å². The molecule has 0 aromatic heterocycles. The lowest BCUT2D eigenvalue weighted by Gasteiger charge is -2.05. The molecule has 0 aliphatic rings. The van der Waals surface area contributed by atoms with Crippen LogP contribution in [0.2, 0.25) is 0 Å². The molecule has 1 aromatic carbocycles. The van der Waals surface area contributed by atoms with E-state index in [1.165, 1.54) is 12.1 Å². The largest absolute Gasteiger partial charge is 0.493 e. The zero-order valence-electron chi connectivity index (χ0n) is 9.22. The fourth-order valence-corrected chi connectivity index (χ4v) is 1.18. The zero-order valence-corrected chi connectivity index (χ0v) is 9.22. The average molecular weight is 225 g/mol. The van der Waals surface area contributed by atoms with Crippen LogP contribution in [0.4, 0.5) is 5.69 Å². The van der Waals surface area contributed by atoms with Gasteiger partial charge in [0.15, 0.2) is 0 Å². The normalized spacial score (nSPS) is 10.1. The number of hydrogen-bond acceptors (Lipinski definition) is 4. The summed E-state index contributed by atoms with van der Waals surface area (Å²) in [6.45, 7) is 3.77. The molecular formula is C11H15NO4. The van der Waals surface area contributed by atoms with Crippen LogP contribution >= 0.6 is 0 Å². The second kappa shape index (κ2) is 6.79. The fraction of sp³-hybridized carbons (Fsp3) is 0.455. The van der Waals surface area contributed by atoms with Crippen LogP contribution < -0.4 is 4.74 Å². The molecule has 5 nitrogen and oxygen atoms in total. The van der Waals surface area contributed by atoms with Crippen LogP contribution in [-0.2, 0) is 4.74 Å². The van der Waals surface area contributed by atoms with Gasteiger partial charge in [0.1, 0.15) is 5.75 Å². The van der Waals surface area contributed by atoms with Crippen molar-refractivity contribution in [2.45, 2.75) is 13.3 Å². The Bertz CT molecular complexity index is 341. The van der Waals surface area contributed by atoms with Crippen LogP contribution in [0.5, 0.6) is 5.75 Å². The maximum absolute atomic E-state index is 10.5. The predicted octanol–water partition coefficient (Wildman–Crippen LogP) is 2.40. The van der Waals surface area contributed by atoms with Gasteiger partial charge in [0.05, 0.1) is 17.6 Å². The third-order valence-electron chi connectivity index (χ3n) is 1.93. The van der Waals surface area contributed by atoms with Gasteiger partial charge in [-0.05, 0) is 13.0 Å². The first-order valence-electron chi connectivity index (χ1n) is 5.19. The van der Waals surface area contributed by atoms with Gasteiger partial charge in [0, 0.05) is 25.7 Å². The molecule has 5 heteroatoms. The molecule has 1 rings (SSSR count). The summed E-state index contributed by atoms with van der Waals surface area (Å²) < 4.78 is 10.5. The molecule has 0 unspecified atom stereocenters. The van der Waals surface area contributed by atoms with E-state index in [1.807, 2.05) is 6.92 Å². The van der Waals surface area contributed by atoms with Crippen LogP contribution in [0, 0.1) is 10.1 Å². The molecule has 0 aliphatic heterocycles. The van der Waals surface area contributed by atoms with Crippen LogP contribution in [0.1, 0.15) is 13.3 Å². The molecule has 1 aromatic rings. The molecule has 0 saturated heterocycles. The monoisotopic (exact) mass is 225 g/mol. The lowest BCUT2D eigenvalue weighted by atomic mass is 10.3. The molecule has 88 valence electrons. The first-order valence-corrected chi connectivity index (χ1v) is 5.19. The molecule has 0 N–H and O–H groups in total. The molecule has 0 radical (unpaired) electrons. The topological polar surface area (TPSA) is 61.6 Å². The second-order valence-corrected chi connectivity index (χ2v) is 3.15. The molecule has 0 bridgehead atoms. The quantitative estimate of drug-likeness (QED) is 0.406. The second-order valence-electron chi connectivity index (χ2n) is 3.15. The Labute approximate surface area is 94.1 Å². The number of ether oxygens (including phenoxy) is 2. The third kappa shape index (κ3) is 4.27. The van der Waals surface area contributed by atoms with E-state index in [4.69, 9.17) is 9.47 Å². The van der Waals surface area contributed by atoms with Gasteiger partial charge in [-0.1, -0.05) is 6.07 Å². The molecule has 0 saturated carbocycles. The van der Waals surface area contributed by atoms with Gasteiger partial charge in [-0.3, -0.25) is 10.1 Å². The van der Waals surface area contributed by atoms with E-state index in [1.54, 1.807) is 12.1 Å². The van der Waals surface area contributed by atoms with E-state index >= 15 is 0 Å². The summed E-state index contributed by atoms with van der Waals surface area (Å²) in [5, 5.41) is 10.5. The lowest BCUT2D eigenvalue weighted by Crippen LogP contribution is -2.03. The van der Waals surface area contributed by atoms with Crippen molar-refractivity contribution in [1.29, 1.82) is 0 Å². The molecule has 0 fully saturated rings. The van der Waals surface area contributed by atoms with Gasteiger partial charge < -0.3 is 9.47 Å². The van der Waals surface area contributed by atoms with Gasteiger partial charge in [-0.15, -0.1) is 0 Å². The zero-order chi connectivity index (χ0) is 11.8. The van der Waals surface area contributed by atoms with E-state index in [2.05, 4.69) is 0 Å². The van der Waals surface area contributed by atoms with Gasteiger partial charge in [0.2, 0.25) is 0 Å². The highest BCUT2D eigenvalue weighted by atomic mass is 16.6. The minimum Gasteiger partial charge on any atom is -0.493 e. The molecular weight excluding hydrogens is 210 g/mol. The molecule has 0 aliphatic carbocycles. The Morgan fingerprint density at radius 2 is 2.19 bits per heavy atom. The van der Waals surface area contributed by atoms with Gasteiger partial charge >= 0.3 is 0 Å². The van der Waals surface area contributed by atoms with E-state index < -0.39 is 4.92 Å². The number of nitrogens with zero attached hydrogens (tertiary/aromatic N) is 1. The third-order valence-corrected chi connectivity index (χ3v) is 1.93. The molecule has 16 heavy (non-hydrogen) atoms. The van der Waals surface area contributed by atoms with Crippen molar-refractivity contribution in [2.75, 3.05) is 19.8 Å². The van der Waals surface area contributed by atoms with Gasteiger partial charge in [-0.25, -0.2) is 0 Å². The molecule has 0 heterocycles. The van der Waals surface area contributed by atoms with Gasteiger partial charge in [-0.2, -0.15) is 0 Å². The van der Waals surface area contributed by atoms with Crippen molar-refractivity contribution in [2.24, 2.45) is 0 Å². The number of nitro benzene ring substituents is 1. The first kappa shape index (κ1) is 12.4. The van der Waals surface area contributed by atoms with Crippen molar-refractivity contribution in [3.8, 4) is 5.75 Å². The number of nitro groups is 1. The maximum Gasteiger partial charge on any atom is 0.273 e. The standard InChI is InChI=1S/C11H15NO4/c1-2-15-7-4-8-16-11-6-3-5-10(9-11)12(13)14/h3,5-6,9H,2,4,7-8H2,1H3. The summed E-state index contributed by atoms with van der Waals surface area (Å²) in [4.78, 5) is 10.1. The van der Waals surface area contributed by atoms with Crippen LogP contribution in [-0.4, -0.2) is 24.7 Å². The summed E-state index contributed by atoms with van der Waals surface area (Å²) in [7, 11) is 0. The molecule has 0 spiro atoms. The number of benzene rings is 1. The van der Waals surface area contributed by atoms with E-state index in [9.17, 15) is 10.1 Å². The Kier molecular flexibility index (Phi) is 5.28. The van der Waals surface area contributed by atoms with Crippen LogP contribution in [0.25, 0.3) is 0 Å². The molecule has 0 atom stereocenters. The summed E-state index contributed by atoms with van der Waals surface area (Å²) >= 11 is 0. The highest BCUT2D eigenvalue weighted by Gasteiger charge is 2.05. The Hall–Kier alpha value is -1.62.